The molecular weight excluding hydrogens is 354 g/mol. The first-order valence-corrected chi connectivity index (χ1v) is 9.49. The van der Waals surface area contributed by atoms with Crippen LogP contribution in [0.25, 0.3) is 10.9 Å². The molecule has 1 aliphatic heterocycles. The van der Waals surface area contributed by atoms with Crippen LogP contribution in [-0.2, 0) is 4.79 Å². The Hall–Kier alpha value is -2.97. The van der Waals surface area contributed by atoms with Crippen molar-refractivity contribution in [3.8, 4) is 0 Å². The number of nitrogens with two attached hydrogens (primary N) is 2. The van der Waals surface area contributed by atoms with Gasteiger partial charge in [0.25, 0.3) is 5.91 Å². The third-order valence-corrected chi connectivity index (χ3v) is 5.32. The van der Waals surface area contributed by atoms with Crippen molar-refractivity contribution in [3.63, 3.8) is 0 Å². The molecular formula is C20H25N7O. The standard InChI is InChI=1S/C20H25N7O/c1-2-16(20(22)7-8-20)26-19-24-11-14(17(21)28)18(27-19)25-13-9-12-5-3-4-6-15(12)23-10-13/h3-6,9-11,16,19,25-27H,2,7-8,22H2,1H3,(H2,21,28)/t16-,19?/m1/s1. The maximum absolute atomic E-state index is 11.9. The summed E-state index contributed by atoms with van der Waals surface area (Å²) in [7, 11) is 0. The Morgan fingerprint density at radius 1 is 1.39 bits per heavy atom. The molecule has 4 rings (SSSR count). The van der Waals surface area contributed by atoms with E-state index in [1.54, 1.807) is 6.20 Å². The largest absolute Gasteiger partial charge is 0.365 e. The van der Waals surface area contributed by atoms with E-state index in [4.69, 9.17) is 11.5 Å². The number of benzene rings is 1. The predicted octanol–water partition coefficient (Wildman–Crippen LogP) is 1.16. The van der Waals surface area contributed by atoms with Gasteiger partial charge in [-0.3, -0.25) is 20.1 Å². The fourth-order valence-corrected chi connectivity index (χ4v) is 3.50. The molecule has 1 fully saturated rings. The molecule has 7 N–H and O–H groups in total. The third kappa shape index (κ3) is 3.69. The fraction of sp³-hybridized carbons (Fsp3) is 0.350. The number of hydrogen-bond acceptors (Lipinski definition) is 7. The molecule has 2 heterocycles. The van der Waals surface area contributed by atoms with Crippen LogP contribution in [0.3, 0.4) is 0 Å². The van der Waals surface area contributed by atoms with Gasteiger partial charge >= 0.3 is 0 Å². The highest BCUT2D eigenvalue weighted by molar-refractivity contribution is 6.12. The molecule has 1 aromatic carbocycles. The quantitative estimate of drug-likeness (QED) is 0.491. The van der Waals surface area contributed by atoms with Crippen molar-refractivity contribution in [1.82, 2.24) is 15.6 Å². The van der Waals surface area contributed by atoms with Crippen molar-refractivity contribution in [2.75, 3.05) is 5.32 Å². The van der Waals surface area contributed by atoms with Crippen LogP contribution in [0, 0.1) is 0 Å². The molecule has 28 heavy (non-hydrogen) atoms. The normalized spacial score (nSPS) is 21.3. The topological polar surface area (TPSA) is 130 Å². The third-order valence-electron chi connectivity index (χ3n) is 5.32. The lowest BCUT2D eigenvalue weighted by Gasteiger charge is -2.31. The Labute approximate surface area is 163 Å². The van der Waals surface area contributed by atoms with E-state index in [1.165, 1.54) is 6.21 Å². The summed E-state index contributed by atoms with van der Waals surface area (Å²) in [6, 6.07) is 9.94. The van der Waals surface area contributed by atoms with Gasteiger partial charge in [0.1, 0.15) is 5.82 Å². The number of hydrogen-bond donors (Lipinski definition) is 5. The summed E-state index contributed by atoms with van der Waals surface area (Å²) >= 11 is 0. The number of aliphatic imine (C=N–C) groups is 1. The number of carbonyl (C=O) groups excluding carboxylic acids is 1. The van der Waals surface area contributed by atoms with Crippen LogP contribution in [0.15, 0.2) is 52.9 Å². The fourth-order valence-electron chi connectivity index (χ4n) is 3.50. The summed E-state index contributed by atoms with van der Waals surface area (Å²) in [6.45, 7) is 2.10. The average molecular weight is 379 g/mol. The Bertz CT molecular complexity index is 964. The first-order chi connectivity index (χ1) is 13.5. The Morgan fingerprint density at radius 3 is 2.89 bits per heavy atom. The zero-order valence-corrected chi connectivity index (χ0v) is 15.8. The van der Waals surface area contributed by atoms with Gasteiger partial charge in [-0.05, 0) is 31.4 Å². The van der Waals surface area contributed by atoms with Crippen molar-refractivity contribution >= 4 is 28.7 Å². The molecule has 8 nitrogen and oxygen atoms in total. The van der Waals surface area contributed by atoms with Gasteiger partial charge in [-0.15, -0.1) is 0 Å². The molecule has 0 spiro atoms. The molecule has 0 saturated heterocycles. The van der Waals surface area contributed by atoms with E-state index in [0.29, 0.717) is 5.82 Å². The number of fused-ring (bicyclic) bond motifs is 1. The molecule has 0 bridgehead atoms. The van der Waals surface area contributed by atoms with Crippen LogP contribution in [0.4, 0.5) is 5.69 Å². The summed E-state index contributed by atoms with van der Waals surface area (Å²) < 4.78 is 0. The van der Waals surface area contributed by atoms with Gasteiger partial charge in [-0.25, -0.2) is 0 Å². The number of primary amides is 1. The summed E-state index contributed by atoms with van der Waals surface area (Å²) in [5.41, 5.74) is 13.6. The SMILES string of the molecule is CC[C@@H](NC1N=CC(C(N)=O)=C(Nc2cnc3ccccc3c2)N1)C1(N)CC1. The number of pyridine rings is 1. The van der Waals surface area contributed by atoms with Gasteiger partial charge in [0.15, 0.2) is 6.29 Å². The zero-order valence-electron chi connectivity index (χ0n) is 15.8. The van der Waals surface area contributed by atoms with E-state index in [9.17, 15) is 4.79 Å². The first-order valence-electron chi connectivity index (χ1n) is 9.49. The smallest absolute Gasteiger partial charge is 0.253 e. The van der Waals surface area contributed by atoms with Gasteiger partial charge in [-0.2, -0.15) is 0 Å². The number of nitrogens with one attached hydrogen (secondary N) is 3. The maximum Gasteiger partial charge on any atom is 0.253 e. The molecule has 1 saturated carbocycles. The van der Waals surface area contributed by atoms with Crippen molar-refractivity contribution < 1.29 is 4.79 Å². The summed E-state index contributed by atoms with van der Waals surface area (Å²) in [5.74, 6) is -0.0655. The van der Waals surface area contributed by atoms with Crippen LogP contribution in [-0.4, -0.2) is 35.0 Å². The molecule has 1 amide bonds. The number of carbonyl (C=O) groups is 1. The van der Waals surface area contributed by atoms with Crippen molar-refractivity contribution in [1.29, 1.82) is 0 Å². The molecule has 2 atom stereocenters. The predicted molar refractivity (Wildman–Crippen MR) is 110 cm³/mol. The van der Waals surface area contributed by atoms with Gasteiger partial charge in [-0.1, -0.05) is 25.1 Å². The number of nitrogens with zero attached hydrogens (tertiary/aromatic N) is 2. The second kappa shape index (κ2) is 7.21. The second-order valence-electron chi connectivity index (χ2n) is 7.38. The van der Waals surface area contributed by atoms with Crippen molar-refractivity contribution in [2.45, 2.75) is 44.1 Å². The van der Waals surface area contributed by atoms with E-state index in [2.05, 4.69) is 32.9 Å². The van der Waals surface area contributed by atoms with Crippen LogP contribution < -0.4 is 27.4 Å². The van der Waals surface area contributed by atoms with Gasteiger partial charge < -0.3 is 22.1 Å². The van der Waals surface area contributed by atoms with Crippen LogP contribution in [0.1, 0.15) is 26.2 Å². The lowest BCUT2D eigenvalue weighted by molar-refractivity contribution is -0.114. The summed E-state index contributed by atoms with van der Waals surface area (Å²) in [6.07, 6.45) is 5.73. The molecule has 8 heteroatoms. The molecule has 1 aromatic heterocycles. The highest BCUT2D eigenvalue weighted by atomic mass is 16.1. The summed E-state index contributed by atoms with van der Waals surface area (Å²) in [4.78, 5) is 20.7. The van der Waals surface area contributed by atoms with Gasteiger partial charge in [0.2, 0.25) is 0 Å². The van der Waals surface area contributed by atoms with Crippen LogP contribution in [0.5, 0.6) is 0 Å². The summed E-state index contributed by atoms with van der Waals surface area (Å²) in [5, 5.41) is 10.9. The lowest BCUT2D eigenvalue weighted by atomic mass is 10.0. The Morgan fingerprint density at radius 2 is 2.18 bits per heavy atom. The van der Waals surface area contributed by atoms with E-state index in [1.807, 2.05) is 30.3 Å². The minimum absolute atomic E-state index is 0.140. The Balaban J connectivity index is 1.55. The Kier molecular flexibility index (Phi) is 4.74. The number of amides is 1. The van der Waals surface area contributed by atoms with Gasteiger partial charge in [0.05, 0.1) is 23.0 Å². The molecule has 2 aliphatic rings. The van der Waals surface area contributed by atoms with Crippen molar-refractivity contribution in [2.24, 2.45) is 16.5 Å². The molecule has 1 aliphatic carbocycles. The van der Waals surface area contributed by atoms with Gasteiger partial charge in [0, 0.05) is 23.2 Å². The minimum atomic E-state index is -0.560. The zero-order chi connectivity index (χ0) is 19.7. The number of anilines is 1. The molecule has 1 unspecified atom stereocenters. The number of para-hydroxylation sites is 1. The average Bonchev–Trinajstić information content (AvgIpc) is 3.44. The van der Waals surface area contributed by atoms with Crippen LogP contribution in [0.2, 0.25) is 0 Å². The minimum Gasteiger partial charge on any atom is -0.365 e. The van der Waals surface area contributed by atoms with E-state index in [0.717, 1.165) is 35.9 Å². The highest BCUT2D eigenvalue weighted by Crippen LogP contribution is 2.37. The second-order valence-corrected chi connectivity index (χ2v) is 7.38. The maximum atomic E-state index is 11.9. The highest BCUT2D eigenvalue weighted by Gasteiger charge is 2.45. The van der Waals surface area contributed by atoms with Crippen LogP contribution >= 0.6 is 0 Å². The lowest BCUT2D eigenvalue weighted by Crippen LogP contribution is -2.55. The monoisotopic (exact) mass is 379 g/mol. The molecule has 2 aromatic rings. The number of aromatic nitrogens is 1. The van der Waals surface area contributed by atoms with Crippen molar-refractivity contribution in [3.05, 3.63) is 47.9 Å². The van der Waals surface area contributed by atoms with E-state index in [-0.39, 0.29) is 17.2 Å². The molecule has 146 valence electrons. The molecule has 0 radical (unpaired) electrons. The van der Waals surface area contributed by atoms with E-state index >= 15 is 0 Å². The van der Waals surface area contributed by atoms with E-state index < -0.39 is 12.2 Å². The number of rotatable bonds is 7. The first kappa shape index (κ1) is 18.4.